The average molecular weight is 826 g/mol. The fourth-order valence-electron chi connectivity index (χ4n) is 8.79. The highest BCUT2D eigenvalue weighted by Gasteiger charge is 2.36. The molecule has 0 radical (unpaired) electrons. The number of carbonyl (C=O) groups excluding carboxylic acids is 2. The van der Waals surface area contributed by atoms with Crippen molar-refractivity contribution in [1.82, 2.24) is 25.1 Å². The Hall–Kier alpha value is -4.68. The molecule has 3 amide bonds. The fraction of sp³-hybridized carbons (Fsp3) is 0.442. The standard InChI is InChI=1S/C43H53ClN9O4P/c1-57-38-24-31(8-13-36(38)47-42-45-25-35(44)41(49-42)46-37-6-4-5-7-39(37)58(2,3)56)30-16-21-52(22-17-30)34-27-50(28-34)26-29-14-19-51(20-15-29)32-9-11-33(12-10-32)53-23-18-40(54)48-43(53)55/h4-13,24-25,29-30,34H,14-23,26-28H2,1-3H3,(H,48,54,55)(H2,45,46,47,49). The van der Waals surface area contributed by atoms with Gasteiger partial charge in [0.05, 0.1) is 24.7 Å². The van der Waals surface area contributed by atoms with Gasteiger partial charge in [-0.15, -0.1) is 0 Å². The van der Waals surface area contributed by atoms with Crippen molar-refractivity contribution in [3.63, 3.8) is 0 Å². The van der Waals surface area contributed by atoms with Gasteiger partial charge in [0.15, 0.2) is 5.82 Å². The molecule has 4 aromatic rings. The van der Waals surface area contributed by atoms with Crippen LogP contribution in [0.15, 0.2) is 72.9 Å². The Morgan fingerprint density at radius 3 is 2.31 bits per heavy atom. The van der Waals surface area contributed by atoms with Crippen LogP contribution in [0.3, 0.4) is 0 Å². The number of rotatable bonds is 12. The molecule has 1 aromatic heterocycles. The van der Waals surface area contributed by atoms with E-state index in [2.05, 4.69) is 64.9 Å². The number of nitrogens with zero attached hydrogens (tertiary/aromatic N) is 6. The number of imide groups is 1. The summed E-state index contributed by atoms with van der Waals surface area (Å²) in [5.74, 6) is 2.50. The summed E-state index contributed by atoms with van der Waals surface area (Å²) in [6.07, 6.45) is 6.49. The number of amides is 3. The monoisotopic (exact) mass is 825 g/mol. The molecule has 0 unspecified atom stereocenters. The lowest BCUT2D eigenvalue weighted by molar-refractivity contribution is -0.120. The van der Waals surface area contributed by atoms with Crippen LogP contribution in [0.5, 0.6) is 5.75 Å². The highest BCUT2D eigenvalue weighted by molar-refractivity contribution is 7.70. The van der Waals surface area contributed by atoms with Gasteiger partial charge in [-0.2, -0.15) is 4.98 Å². The molecule has 5 heterocycles. The van der Waals surface area contributed by atoms with Gasteiger partial charge in [0.1, 0.15) is 17.9 Å². The number of halogens is 1. The topological polar surface area (TPSA) is 135 Å². The molecule has 3 aromatic carbocycles. The zero-order valence-corrected chi connectivity index (χ0v) is 35.1. The molecule has 0 spiro atoms. The number of urea groups is 1. The zero-order chi connectivity index (χ0) is 40.4. The average Bonchev–Trinajstić information content (AvgIpc) is 3.21. The van der Waals surface area contributed by atoms with Crippen molar-refractivity contribution in [2.24, 2.45) is 5.92 Å². The van der Waals surface area contributed by atoms with Crippen molar-refractivity contribution in [3.8, 4) is 5.75 Å². The minimum absolute atomic E-state index is 0.214. The van der Waals surface area contributed by atoms with Crippen LogP contribution in [0.1, 0.15) is 43.6 Å². The Balaban J connectivity index is 0.781. The number of piperidine rings is 2. The quantitative estimate of drug-likeness (QED) is 0.126. The third kappa shape index (κ3) is 9.13. The van der Waals surface area contributed by atoms with Gasteiger partial charge in [0.25, 0.3) is 0 Å². The maximum absolute atomic E-state index is 12.9. The number of hydrogen-bond acceptors (Lipinski definition) is 11. The number of ether oxygens (including phenoxy) is 1. The van der Waals surface area contributed by atoms with Crippen molar-refractivity contribution < 1.29 is 18.9 Å². The molecule has 0 saturated carbocycles. The first-order chi connectivity index (χ1) is 28.0. The SMILES string of the molecule is COc1cc(C2CCN(C3CN(CC4CCN(c5ccc(N6CCC(=O)NC6=O)cc5)CC4)C3)CC2)ccc1Nc1ncc(Cl)c(Nc2ccccc2P(C)(C)=O)n1. The minimum Gasteiger partial charge on any atom is -0.495 e. The number of hydrogen-bond donors (Lipinski definition) is 3. The Kier molecular flexibility index (Phi) is 11.9. The number of nitrogens with one attached hydrogen (secondary N) is 3. The van der Waals surface area contributed by atoms with Gasteiger partial charge >= 0.3 is 6.03 Å². The zero-order valence-electron chi connectivity index (χ0n) is 33.5. The third-order valence-corrected chi connectivity index (χ3v) is 13.9. The van der Waals surface area contributed by atoms with Gasteiger partial charge in [-0.3, -0.25) is 24.8 Å². The van der Waals surface area contributed by atoms with E-state index in [1.807, 2.05) is 42.5 Å². The summed E-state index contributed by atoms with van der Waals surface area (Å²) in [4.78, 5) is 42.2. The second-order valence-corrected chi connectivity index (χ2v) is 19.9. The number of aromatic nitrogens is 2. The van der Waals surface area contributed by atoms with Crippen LogP contribution in [0, 0.1) is 5.92 Å². The summed E-state index contributed by atoms with van der Waals surface area (Å²) in [5.41, 5.74) is 4.77. The molecule has 306 valence electrons. The maximum Gasteiger partial charge on any atom is 0.328 e. The minimum atomic E-state index is -2.53. The molecular formula is C43H53ClN9O4P. The van der Waals surface area contributed by atoms with E-state index in [9.17, 15) is 14.2 Å². The number of carbonyl (C=O) groups is 2. The molecule has 4 aliphatic heterocycles. The van der Waals surface area contributed by atoms with Crippen molar-refractivity contribution in [2.45, 2.75) is 44.1 Å². The summed E-state index contributed by atoms with van der Waals surface area (Å²) in [6, 6.07) is 22.3. The molecule has 4 aliphatic rings. The first-order valence-corrected chi connectivity index (χ1v) is 23.3. The Labute approximate surface area is 345 Å². The molecule has 13 nitrogen and oxygen atoms in total. The largest absolute Gasteiger partial charge is 0.495 e. The number of likely N-dealkylation sites (tertiary alicyclic amines) is 2. The van der Waals surface area contributed by atoms with Crippen molar-refractivity contribution in [3.05, 3.63) is 83.5 Å². The predicted octanol–water partition coefficient (Wildman–Crippen LogP) is 7.10. The molecule has 8 rings (SSSR count). The first kappa shape index (κ1) is 40.1. The van der Waals surface area contributed by atoms with Crippen LogP contribution in [-0.4, -0.2) is 111 Å². The Bertz CT molecular complexity index is 2160. The summed E-state index contributed by atoms with van der Waals surface area (Å²) in [7, 11) is -0.849. The predicted molar refractivity (Wildman–Crippen MR) is 233 cm³/mol. The van der Waals surface area contributed by atoms with Gasteiger partial charge in [-0.1, -0.05) is 29.8 Å². The highest BCUT2D eigenvalue weighted by Crippen LogP contribution is 2.40. The van der Waals surface area contributed by atoms with E-state index in [0.717, 1.165) is 80.5 Å². The normalized spacial score (nSPS) is 19.2. The van der Waals surface area contributed by atoms with Crippen molar-refractivity contribution in [1.29, 1.82) is 0 Å². The van der Waals surface area contributed by atoms with E-state index in [0.29, 0.717) is 47.4 Å². The molecular weight excluding hydrogens is 773 g/mol. The maximum atomic E-state index is 12.9. The lowest BCUT2D eigenvalue weighted by Gasteiger charge is -2.49. The summed E-state index contributed by atoms with van der Waals surface area (Å²) < 4.78 is 18.7. The van der Waals surface area contributed by atoms with E-state index >= 15 is 0 Å². The van der Waals surface area contributed by atoms with Crippen LogP contribution in [0.25, 0.3) is 0 Å². The van der Waals surface area contributed by atoms with Crippen molar-refractivity contribution >= 4 is 70.5 Å². The summed E-state index contributed by atoms with van der Waals surface area (Å²) >= 11 is 6.49. The van der Waals surface area contributed by atoms with Crippen LogP contribution < -0.4 is 35.8 Å². The second kappa shape index (κ2) is 17.3. The van der Waals surface area contributed by atoms with Crippen LogP contribution in [-0.2, 0) is 9.36 Å². The molecule has 4 fully saturated rings. The number of methoxy groups -OCH3 is 1. The second-order valence-electron chi connectivity index (χ2n) is 16.4. The summed E-state index contributed by atoms with van der Waals surface area (Å²) in [6.45, 7) is 11.7. The van der Waals surface area contributed by atoms with Gasteiger partial charge in [0, 0.05) is 68.4 Å². The van der Waals surface area contributed by atoms with Crippen LogP contribution >= 0.6 is 18.7 Å². The molecule has 15 heteroatoms. The summed E-state index contributed by atoms with van der Waals surface area (Å²) in [5, 5.41) is 10.1. The van der Waals surface area contributed by atoms with E-state index in [4.69, 9.17) is 16.3 Å². The molecule has 0 bridgehead atoms. The smallest absolute Gasteiger partial charge is 0.328 e. The number of anilines is 6. The van der Waals surface area contributed by atoms with E-state index in [-0.39, 0.29) is 11.9 Å². The Morgan fingerprint density at radius 2 is 1.60 bits per heavy atom. The number of para-hydroxylation sites is 1. The van der Waals surface area contributed by atoms with Gasteiger partial charge in [-0.05, 0) is 118 Å². The lowest BCUT2D eigenvalue weighted by Crippen LogP contribution is -2.61. The van der Waals surface area contributed by atoms with E-state index < -0.39 is 7.14 Å². The first-order valence-electron chi connectivity index (χ1n) is 20.3. The van der Waals surface area contributed by atoms with E-state index in [1.54, 1.807) is 31.5 Å². The lowest BCUT2D eigenvalue weighted by atomic mass is 9.87. The van der Waals surface area contributed by atoms with Gasteiger partial charge in [0.2, 0.25) is 11.9 Å². The third-order valence-electron chi connectivity index (χ3n) is 12.1. The van der Waals surface area contributed by atoms with Gasteiger partial charge < -0.3 is 24.8 Å². The molecule has 4 saturated heterocycles. The number of benzene rings is 3. The molecule has 0 atom stereocenters. The Morgan fingerprint density at radius 1 is 0.879 bits per heavy atom. The van der Waals surface area contributed by atoms with Gasteiger partial charge in [-0.25, -0.2) is 9.78 Å². The highest BCUT2D eigenvalue weighted by atomic mass is 35.5. The fourth-order valence-corrected chi connectivity index (χ4v) is 10.1. The molecule has 58 heavy (non-hydrogen) atoms. The molecule has 0 aliphatic carbocycles. The molecule has 3 N–H and O–H groups in total. The van der Waals surface area contributed by atoms with Crippen LogP contribution in [0.2, 0.25) is 5.02 Å². The van der Waals surface area contributed by atoms with Crippen molar-refractivity contribution in [2.75, 3.05) is 93.2 Å². The van der Waals surface area contributed by atoms with Crippen LogP contribution in [0.4, 0.5) is 39.3 Å². The van der Waals surface area contributed by atoms with E-state index in [1.165, 1.54) is 30.6 Å².